The topological polar surface area (TPSA) is 91.2 Å². The van der Waals surface area contributed by atoms with Crippen LogP contribution in [0.1, 0.15) is 46.2 Å². The number of carboxylic acids is 1. The smallest absolute Gasteiger partial charge is 0.341 e. The van der Waals surface area contributed by atoms with E-state index in [1.54, 1.807) is 30.1 Å². The molecule has 0 bridgehead atoms. The van der Waals surface area contributed by atoms with Gasteiger partial charge >= 0.3 is 5.97 Å². The van der Waals surface area contributed by atoms with E-state index in [2.05, 4.69) is 14.9 Å². The monoisotopic (exact) mass is 330 g/mol. The molecule has 1 fully saturated rings. The lowest BCUT2D eigenvalue weighted by Crippen LogP contribution is -2.38. The van der Waals surface area contributed by atoms with Gasteiger partial charge in [0, 0.05) is 37.6 Å². The first kappa shape index (κ1) is 16.4. The van der Waals surface area contributed by atoms with Gasteiger partial charge in [-0.1, -0.05) is 0 Å². The zero-order valence-corrected chi connectivity index (χ0v) is 14.0. The summed E-state index contributed by atoms with van der Waals surface area (Å²) in [7, 11) is 0. The molecule has 7 heteroatoms. The van der Waals surface area contributed by atoms with Gasteiger partial charge in [0.15, 0.2) is 0 Å². The van der Waals surface area contributed by atoms with Gasteiger partial charge < -0.3 is 14.7 Å². The van der Waals surface area contributed by atoms with E-state index < -0.39 is 11.5 Å². The Morgan fingerprint density at radius 2 is 2.08 bits per heavy atom. The van der Waals surface area contributed by atoms with Crippen LogP contribution in [-0.4, -0.2) is 43.6 Å². The van der Waals surface area contributed by atoms with E-state index in [-0.39, 0.29) is 11.6 Å². The SMILES string of the molecule is Cc1ccn(C2CCN(Cc3nc[nH]c3C)CC2)c(=O)c1C(=O)O. The van der Waals surface area contributed by atoms with Crippen molar-refractivity contribution >= 4 is 5.97 Å². The molecule has 3 rings (SSSR count). The number of likely N-dealkylation sites (tertiary alicyclic amines) is 1. The molecule has 2 aromatic rings. The average Bonchev–Trinajstić information content (AvgIpc) is 2.93. The lowest BCUT2D eigenvalue weighted by atomic mass is 10.0. The van der Waals surface area contributed by atoms with Crippen LogP contribution in [0.15, 0.2) is 23.4 Å². The minimum Gasteiger partial charge on any atom is -0.477 e. The maximum atomic E-state index is 12.5. The van der Waals surface area contributed by atoms with E-state index in [1.165, 1.54) is 0 Å². The predicted molar refractivity (Wildman–Crippen MR) is 89.3 cm³/mol. The Bertz CT molecular complexity index is 800. The molecule has 0 atom stereocenters. The molecule has 0 aliphatic carbocycles. The number of hydrogen-bond acceptors (Lipinski definition) is 4. The van der Waals surface area contributed by atoms with Gasteiger partial charge in [-0.05, 0) is 38.3 Å². The summed E-state index contributed by atoms with van der Waals surface area (Å²) in [5.74, 6) is -1.15. The molecule has 2 N–H and O–H groups in total. The maximum absolute atomic E-state index is 12.5. The van der Waals surface area contributed by atoms with E-state index in [1.807, 2.05) is 6.92 Å². The lowest BCUT2D eigenvalue weighted by molar-refractivity contribution is 0.0692. The van der Waals surface area contributed by atoms with Crippen molar-refractivity contribution in [2.24, 2.45) is 0 Å². The van der Waals surface area contributed by atoms with Crippen molar-refractivity contribution in [3.8, 4) is 0 Å². The lowest BCUT2D eigenvalue weighted by Gasteiger charge is -2.32. The molecule has 0 unspecified atom stereocenters. The van der Waals surface area contributed by atoms with Gasteiger partial charge in [-0.25, -0.2) is 9.78 Å². The summed E-state index contributed by atoms with van der Waals surface area (Å²) in [4.78, 5) is 33.5. The van der Waals surface area contributed by atoms with Crippen molar-refractivity contribution in [1.82, 2.24) is 19.4 Å². The number of hydrogen-bond donors (Lipinski definition) is 2. The summed E-state index contributed by atoms with van der Waals surface area (Å²) >= 11 is 0. The largest absolute Gasteiger partial charge is 0.477 e. The normalized spacial score (nSPS) is 16.4. The number of H-pyrrole nitrogens is 1. The van der Waals surface area contributed by atoms with Crippen LogP contribution >= 0.6 is 0 Å². The number of aromatic amines is 1. The number of carboxylic acid groups (broad SMARTS) is 1. The third-order valence-electron chi connectivity index (χ3n) is 4.80. The highest BCUT2D eigenvalue weighted by atomic mass is 16.4. The van der Waals surface area contributed by atoms with E-state index in [4.69, 9.17) is 0 Å². The number of pyridine rings is 1. The van der Waals surface area contributed by atoms with Crippen LogP contribution in [0.2, 0.25) is 0 Å². The standard InChI is InChI=1S/C17H22N4O3/c1-11-3-8-21(16(22)15(11)17(23)24)13-4-6-20(7-5-13)9-14-12(2)18-10-19-14/h3,8,10,13H,4-7,9H2,1-2H3,(H,18,19)(H,23,24). The van der Waals surface area contributed by atoms with Crippen molar-refractivity contribution in [1.29, 1.82) is 0 Å². The van der Waals surface area contributed by atoms with E-state index >= 15 is 0 Å². The zero-order valence-electron chi connectivity index (χ0n) is 14.0. The number of nitrogens with zero attached hydrogens (tertiary/aromatic N) is 3. The molecule has 24 heavy (non-hydrogen) atoms. The molecule has 1 aliphatic rings. The fraction of sp³-hybridized carbons (Fsp3) is 0.471. The van der Waals surface area contributed by atoms with Crippen LogP contribution < -0.4 is 5.56 Å². The van der Waals surface area contributed by atoms with Gasteiger partial charge in [-0.2, -0.15) is 0 Å². The fourth-order valence-electron chi connectivity index (χ4n) is 3.30. The highest BCUT2D eigenvalue weighted by Gasteiger charge is 2.24. The number of nitrogens with one attached hydrogen (secondary N) is 1. The number of rotatable bonds is 4. The molecule has 0 spiro atoms. The Hall–Kier alpha value is -2.41. The van der Waals surface area contributed by atoms with Crippen LogP contribution in [0, 0.1) is 13.8 Å². The first-order valence-corrected chi connectivity index (χ1v) is 8.13. The first-order valence-electron chi connectivity index (χ1n) is 8.13. The number of aromatic nitrogens is 3. The molecule has 0 radical (unpaired) electrons. The van der Waals surface area contributed by atoms with Crippen molar-refractivity contribution in [2.75, 3.05) is 13.1 Å². The minimum atomic E-state index is -1.15. The van der Waals surface area contributed by atoms with Gasteiger partial charge in [0.25, 0.3) is 5.56 Å². The highest BCUT2D eigenvalue weighted by Crippen LogP contribution is 2.23. The highest BCUT2D eigenvalue weighted by molar-refractivity contribution is 5.88. The van der Waals surface area contributed by atoms with Gasteiger partial charge in [-0.15, -0.1) is 0 Å². The Morgan fingerprint density at radius 1 is 1.38 bits per heavy atom. The summed E-state index contributed by atoms with van der Waals surface area (Å²) in [6, 6.07) is 1.76. The number of piperidine rings is 1. The summed E-state index contributed by atoms with van der Waals surface area (Å²) in [5, 5.41) is 9.25. The number of imidazole rings is 1. The van der Waals surface area contributed by atoms with Gasteiger partial charge in [0.05, 0.1) is 12.0 Å². The van der Waals surface area contributed by atoms with Crippen molar-refractivity contribution in [3.63, 3.8) is 0 Å². The zero-order chi connectivity index (χ0) is 17.3. The molecule has 1 aliphatic heterocycles. The number of carbonyl (C=O) groups is 1. The molecule has 0 amide bonds. The number of aryl methyl sites for hydroxylation is 2. The van der Waals surface area contributed by atoms with Crippen LogP contribution in [-0.2, 0) is 6.54 Å². The summed E-state index contributed by atoms with van der Waals surface area (Å²) in [6.07, 6.45) is 5.08. The number of aromatic carboxylic acids is 1. The van der Waals surface area contributed by atoms with Crippen molar-refractivity contribution in [3.05, 3.63) is 51.5 Å². The van der Waals surface area contributed by atoms with E-state index in [0.717, 1.165) is 43.9 Å². The Balaban J connectivity index is 1.71. The predicted octanol–water partition coefficient (Wildman–Crippen LogP) is 1.72. The maximum Gasteiger partial charge on any atom is 0.341 e. The van der Waals surface area contributed by atoms with Crippen LogP contribution in [0.25, 0.3) is 0 Å². The van der Waals surface area contributed by atoms with E-state index in [9.17, 15) is 14.7 Å². The molecule has 2 aromatic heterocycles. The fourth-order valence-corrected chi connectivity index (χ4v) is 3.30. The third-order valence-corrected chi connectivity index (χ3v) is 4.80. The van der Waals surface area contributed by atoms with Gasteiger partial charge in [0.1, 0.15) is 5.56 Å². The quantitative estimate of drug-likeness (QED) is 0.891. The Labute approximate surface area is 140 Å². The molecule has 128 valence electrons. The molecule has 7 nitrogen and oxygen atoms in total. The van der Waals surface area contributed by atoms with Crippen LogP contribution in [0.3, 0.4) is 0 Å². The second kappa shape index (κ2) is 6.60. The summed E-state index contributed by atoms with van der Waals surface area (Å²) in [5.41, 5.74) is 2.12. The second-order valence-corrected chi connectivity index (χ2v) is 6.37. The molecule has 0 aromatic carbocycles. The minimum absolute atomic E-state index is 0.0488. The van der Waals surface area contributed by atoms with E-state index in [0.29, 0.717) is 5.56 Å². The molecule has 0 saturated carbocycles. The Morgan fingerprint density at radius 3 is 2.67 bits per heavy atom. The summed E-state index contributed by atoms with van der Waals surface area (Å²) in [6.45, 7) is 6.18. The second-order valence-electron chi connectivity index (χ2n) is 6.37. The molecule has 3 heterocycles. The van der Waals surface area contributed by atoms with Gasteiger partial charge in [0.2, 0.25) is 0 Å². The summed E-state index contributed by atoms with van der Waals surface area (Å²) < 4.78 is 1.59. The van der Waals surface area contributed by atoms with Crippen LogP contribution in [0.5, 0.6) is 0 Å². The molecular weight excluding hydrogens is 308 g/mol. The first-order chi connectivity index (χ1) is 11.5. The molecule has 1 saturated heterocycles. The average molecular weight is 330 g/mol. The van der Waals surface area contributed by atoms with Crippen LogP contribution in [0.4, 0.5) is 0 Å². The molecular formula is C17H22N4O3. The Kier molecular flexibility index (Phi) is 4.53. The van der Waals surface area contributed by atoms with Crippen molar-refractivity contribution < 1.29 is 9.90 Å². The van der Waals surface area contributed by atoms with Crippen molar-refractivity contribution in [2.45, 2.75) is 39.3 Å². The third kappa shape index (κ3) is 3.12. The van der Waals surface area contributed by atoms with Gasteiger partial charge in [-0.3, -0.25) is 9.69 Å².